The molecule has 1 atom stereocenters. The van der Waals surface area contributed by atoms with Gasteiger partial charge in [-0.3, -0.25) is 4.79 Å². The normalized spacial score (nSPS) is 18.1. The van der Waals surface area contributed by atoms with Crippen LogP contribution < -0.4 is 0 Å². The number of benzene rings is 2. The number of Topliss-reactive ketones (excluding diaryl/α,β-unsaturated/α-hetero) is 1. The Bertz CT molecular complexity index is 956. The number of allylic oxidation sites excluding steroid dienone is 2. The maximum absolute atomic E-state index is 13.0. The van der Waals surface area contributed by atoms with Crippen molar-refractivity contribution in [2.24, 2.45) is 5.16 Å². The van der Waals surface area contributed by atoms with Gasteiger partial charge in [0.15, 0.2) is 5.78 Å². The minimum atomic E-state index is -0.0501. The molecule has 28 heavy (non-hydrogen) atoms. The summed E-state index contributed by atoms with van der Waals surface area (Å²) in [4.78, 5) is 18.2. The van der Waals surface area contributed by atoms with Gasteiger partial charge in [0.2, 0.25) is 0 Å². The molecule has 1 aliphatic rings. The number of nitrogens with zero attached hydrogens (tertiary/aromatic N) is 1. The first-order valence-corrected chi connectivity index (χ1v) is 10.1. The van der Waals surface area contributed by atoms with E-state index in [1.54, 1.807) is 0 Å². The lowest BCUT2D eigenvalue weighted by Crippen LogP contribution is -2.24. The summed E-state index contributed by atoms with van der Waals surface area (Å²) in [7, 11) is 0. The maximum atomic E-state index is 13.0. The quantitative estimate of drug-likeness (QED) is 0.501. The van der Waals surface area contributed by atoms with Gasteiger partial charge < -0.3 is 9.94 Å². The Hall–Kier alpha value is -2.62. The minimum absolute atomic E-state index is 0.0190. The highest BCUT2D eigenvalue weighted by Gasteiger charge is 2.32. The zero-order valence-corrected chi connectivity index (χ0v) is 17.2. The minimum Gasteiger partial charge on any atom is -0.511 e. The largest absolute Gasteiger partial charge is 0.511 e. The molecular formula is C24H29NO3. The molecule has 1 unspecified atom stereocenters. The second kappa shape index (κ2) is 8.59. The lowest BCUT2D eigenvalue weighted by molar-refractivity contribution is -0.116. The number of aryl methyl sites for hydroxylation is 2. The van der Waals surface area contributed by atoms with Crippen LogP contribution in [0.3, 0.4) is 0 Å². The van der Waals surface area contributed by atoms with Crippen molar-refractivity contribution >= 4 is 22.3 Å². The zero-order chi connectivity index (χ0) is 20.3. The Labute approximate surface area is 166 Å². The number of fused-ring (bicyclic) bond motifs is 1. The first-order valence-electron chi connectivity index (χ1n) is 10.1. The van der Waals surface area contributed by atoms with Crippen LogP contribution in [0.1, 0.15) is 62.1 Å². The van der Waals surface area contributed by atoms with Gasteiger partial charge in [-0.1, -0.05) is 48.8 Å². The topological polar surface area (TPSA) is 58.9 Å². The molecule has 0 saturated carbocycles. The fourth-order valence-corrected chi connectivity index (χ4v) is 4.19. The maximum Gasteiger partial charge on any atom is 0.168 e. The fourth-order valence-electron chi connectivity index (χ4n) is 4.19. The van der Waals surface area contributed by atoms with E-state index in [0.717, 1.165) is 12.0 Å². The molecule has 1 aliphatic carbocycles. The summed E-state index contributed by atoms with van der Waals surface area (Å²) in [5.74, 6) is 0.0683. The predicted octanol–water partition coefficient (Wildman–Crippen LogP) is 5.91. The van der Waals surface area contributed by atoms with Crippen molar-refractivity contribution in [1.29, 1.82) is 0 Å². The van der Waals surface area contributed by atoms with Gasteiger partial charge in [-0.25, -0.2) is 0 Å². The number of carbonyl (C=O) groups is 1. The SMILES string of the molecule is CCCC(=NOCC)C1=C(O)CC(c2cc(C)c3ccccc3c2C)CC1=O. The third kappa shape index (κ3) is 3.82. The monoisotopic (exact) mass is 379 g/mol. The van der Waals surface area contributed by atoms with Crippen LogP contribution >= 0.6 is 0 Å². The standard InChI is InChI=1S/C24H29NO3/c1-5-9-21(25-28-6-2)24-22(26)13-17(14-23(24)27)20-12-15(3)18-10-7-8-11-19(18)16(20)4/h7-8,10-12,17,26H,5-6,9,13-14H2,1-4H3. The highest BCUT2D eigenvalue weighted by molar-refractivity contribution is 6.23. The van der Waals surface area contributed by atoms with Crippen molar-refractivity contribution in [2.45, 2.75) is 59.3 Å². The van der Waals surface area contributed by atoms with Crippen LogP contribution in [-0.2, 0) is 9.63 Å². The molecule has 0 aromatic heterocycles. The van der Waals surface area contributed by atoms with Crippen molar-refractivity contribution in [1.82, 2.24) is 0 Å². The van der Waals surface area contributed by atoms with Crippen molar-refractivity contribution in [3.05, 3.63) is 58.4 Å². The molecule has 1 N–H and O–H groups in total. The summed E-state index contributed by atoms with van der Waals surface area (Å²) in [6.07, 6.45) is 2.29. The Morgan fingerprint density at radius 3 is 2.54 bits per heavy atom. The van der Waals surface area contributed by atoms with Gasteiger partial charge in [0.25, 0.3) is 0 Å². The second-order valence-electron chi connectivity index (χ2n) is 7.51. The molecule has 0 heterocycles. The Balaban J connectivity index is 2.00. The van der Waals surface area contributed by atoms with E-state index < -0.39 is 0 Å². The van der Waals surface area contributed by atoms with Gasteiger partial charge in [0.05, 0.1) is 11.3 Å². The molecule has 2 aromatic carbocycles. The molecule has 0 radical (unpaired) electrons. The number of hydrogen-bond acceptors (Lipinski definition) is 4. The first-order chi connectivity index (χ1) is 13.5. The van der Waals surface area contributed by atoms with Gasteiger partial charge in [-0.05, 0) is 60.6 Å². The second-order valence-corrected chi connectivity index (χ2v) is 7.51. The van der Waals surface area contributed by atoms with E-state index in [9.17, 15) is 9.90 Å². The van der Waals surface area contributed by atoms with E-state index >= 15 is 0 Å². The number of aliphatic hydroxyl groups is 1. The van der Waals surface area contributed by atoms with Crippen molar-refractivity contribution in [3.8, 4) is 0 Å². The number of oxime groups is 1. The molecule has 0 fully saturated rings. The van der Waals surface area contributed by atoms with Crippen LogP contribution in [-0.4, -0.2) is 23.2 Å². The highest BCUT2D eigenvalue weighted by Crippen LogP contribution is 2.38. The molecule has 0 spiro atoms. The average molecular weight is 380 g/mol. The van der Waals surface area contributed by atoms with E-state index in [1.165, 1.54) is 21.9 Å². The molecule has 148 valence electrons. The third-order valence-electron chi connectivity index (χ3n) is 5.52. The number of aliphatic hydroxyl groups excluding tert-OH is 1. The molecule has 4 nitrogen and oxygen atoms in total. The number of carbonyl (C=O) groups excluding carboxylic acids is 1. The fraction of sp³-hybridized carbons (Fsp3) is 0.417. The predicted molar refractivity (Wildman–Crippen MR) is 114 cm³/mol. The van der Waals surface area contributed by atoms with E-state index in [4.69, 9.17) is 4.84 Å². The van der Waals surface area contributed by atoms with Crippen LogP contribution in [0.2, 0.25) is 0 Å². The van der Waals surface area contributed by atoms with Crippen LogP contribution in [0.25, 0.3) is 10.8 Å². The summed E-state index contributed by atoms with van der Waals surface area (Å²) < 4.78 is 0. The van der Waals surface area contributed by atoms with Crippen molar-refractivity contribution < 1.29 is 14.7 Å². The average Bonchev–Trinajstić information content (AvgIpc) is 2.68. The summed E-state index contributed by atoms with van der Waals surface area (Å²) in [5, 5.41) is 17.3. The number of hydrogen-bond donors (Lipinski definition) is 1. The number of ketones is 1. The lowest BCUT2D eigenvalue weighted by Gasteiger charge is -2.26. The summed E-state index contributed by atoms with van der Waals surface area (Å²) >= 11 is 0. The molecule has 0 amide bonds. The molecular weight excluding hydrogens is 350 g/mol. The third-order valence-corrected chi connectivity index (χ3v) is 5.52. The van der Waals surface area contributed by atoms with E-state index in [-0.39, 0.29) is 17.5 Å². The van der Waals surface area contributed by atoms with Gasteiger partial charge in [0, 0.05) is 12.8 Å². The first kappa shape index (κ1) is 20.1. The van der Waals surface area contributed by atoms with E-state index in [0.29, 0.717) is 37.2 Å². The van der Waals surface area contributed by atoms with Crippen LogP contribution in [0.4, 0.5) is 0 Å². The van der Waals surface area contributed by atoms with Crippen LogP contribution in [0.15, 0.2) is 46.8 Å². The van der Waals surface area contributed by atoms with Gasteiger partial charge >= 0.3 is 0 Å². The van der Waals surface area contributed by atoms with Crippen molar-refractivity contribution in [2.75, 3.05) is 6.61 Å². The smallest absolute Gasteiger partial charge is 0.168 e. The molecule has 4 heteroatoms. The van der Waals surface area contributed by atoms with Crippen LogP contribution in [0, 0.1) is 13.8 Å². The summed E-state index contributed by atoms with van der Waals surface area (Å²) in [5.41, 5.74) is 4.46. The Kier molecular flexibility index (Phi) is 6.18. The molecule has 2 aromatic rings. The Morgan fingerprint density at radius 2 is 1.89 bits per heavy atom. The van der Waals surface area contributed by atoms with E-state index in [2.05, 4.69) is 37.2 Å². The molecule has 0 aliphatic heterocycles. The molecule has 0 bridgehead atoms. The highest BCUT2D eigenvalue weighted by atomic mass is 16.6. The van der Waals surface area contributed by atoms with Crippen LogP contribution in [0.5, 0.6) is 0 Å². The molecule has 0 saturated heterocycles. The van der Waals surface area contributed by atoms with Gasteiger partial charge in [0.1, 0.15) is 12.4 Å². The summed E-state index contributed by atoms with van der Waals surface area (Å²) in [6.45, 7) is 8.52. The molecule has 3 rings (SSSR count). The zero-order valence-electron chi connectivity index (χ0n) is 17.2. The Morgan fingerprint density at radius 1 is 1.18 bits per heavy atom. The lowest BCUT2D eigenvalue weighted by atomic mass is 9.78. The number of rotatable bonds is 6. The van der Waals surface area contributed by atoms with Gasteiger partial charge in [-0.15, -0.1) is 0 Å². The summed E-state index contributed by atoms with van der Waals surface area (Å²) in [6, 6.07) is 10.5. The van der Waals surface area contributed by atoms with Gasteiger partial charge in [-0.2, -0.15) is 0 Å². The van der Waals surface area contributed by atoms with Crippen molar-refractivity contribution in [3.63, 3.8) is 0 Å². The van der Waals surface area contributed by atoms with E-state index in [1.807, 2.05) is 26.0 Å².